The van der Waals surface area contributed by atoms with Crippen LogP contribution in [0.1, 0.15) is 70.2 Å². The molecule has 182 valence electrons. The number of ketones is 1. The number of Topliss-reactive ketones (excluding diaryl/α,β-unsaturated/α-hetero) is 1. The van der Waals surface area contributed by atoms with E-state index in [4.69, 9.17) is 0 Å². The van der Waals surface area contributed by atoms with Crippen molar-refractivity contribution in [2.24, 2.45) is 5.41 Å². The minimum absolute atomic E-state index is 0.0576. The molecule has 0 aromatic heterocycles. The molecule has 0 saturated heterocycles. The summed E-state index contributed by atoms with van der Waals surface area (Å²) in [6.07, 6.45) is 1.48. The standard InChI is InChI=1S/C31H35BrN2O/c1-30(2,3)20-10-11-21-18(14-20)8-12-24-27(21)22-16-31(4,5)17-26(35)28(22)29(33-24)19-9-13-25(34(6)7)23(32)15-19/h8-15,29,33H,16-17H2,1-7H3. The zero-order chi connectivity index (χ0) is 25.3. The van der Waals surface area contributed by atoms with Crippen LogP contribution in [0.25, 0.3) is 16.3 Å². The van der Waals surface area contributed by atoms with Crippen molar-refractivity contribution < 1.29 is 4.79 Å². The molecule has 4 heteroatoms. The molecule has 1 atom stereocenters. The Labute approximate surface area is 217 Å². The minimum Gasteiger partial charge on any atom is -0.377 e. The molecule has 3 aromatic carbocycles. The number of hydrogen-bond acceptors (Lipinski definition) is 3. The minimum atomic E-state index is -0.153. The summed E-state index contributed by atoms with van der Waals surface area (Å²) in [5.74, 6) is 0.260. The fourth-order valence-corrected chi connectivity index (χ4v) is 6.43. The number of allylic oxidation sites excluding steroid dienone is 1. The summed E-state index contributed by atoms with van der Waals surface area (Å²) >= 11 is 3.75. The van der Waals surface area contributed by atoms with Crippen LogP contribution in [0.3, 0.4) is 0 Å². The first-order valence-corrected chi connectivity index (χ1v) is 13.2. The molecule has 3 nitrogen and oxygen atoms in total. The summed E-state index contributed by atoms with van der Waals surface area (Å²) in [5, 5.41) is 6.23. The SMILES string of the molecule is CN(C)c1ccc(C2Nc3ccc4cc(C(C)(C)C)ccc4c3C3=C2C(=O)CC(C)(C)C3)cc1Br. The van der Waals surface area contributed by atoms with Crippen molar-refractivity contribution in [1.82, 2.24) is 0 Å². The van der Waals surface area contributed by atoms with Crippen LogP contribution >= 0.6 is 15.9 Å². The van der Waals surface area contributed by atoms with Gasteiger partial charge in [-0.25, -0.2) is 0 Å². The van der Waals surface area contributed by atoms with Crippen LogP contribution in [0.15, 0.2) is 58.6 Å². The number of carbonyl (C=O) groups is 1. The summed E-state index contributed by atoms with van der Waals surface area (Å²) in [5.41, 5.74) is 8.06. The second-order valence-corrected chi connectivity index (χ2v) is 13.0. The average molecular weight is 532 g/mol. The van der Waals surface area contributed by atoms with E-state index in [0.717, 1.165) is 33.4 Å². The highest BCUT2D eigenvalue weighted by molar-refractivity contribution is 9.10. The third-order valence-corrected chi connectivity index (χ3v) is 8.12. The van der Waals surface area contributed by atoms with Crippen molar-refractivity contribution in [2.75, 3.05) is 24.3 Å². The van der Waals surface area contributed by atoms with E-state index in [1.807, 2.05) is 14.1 Å². The fraction of sp³-hybridized carbons (Fsp3) is 0.387. The van der Waals surface area contributed by atoms with Gasteiger partial charge in [0.05, 0.1) is 11.7 Å². The Kier molecular flexibility index (Phi) is 5.67. The monoisotopic (exact) mass is 530 g/mol. The lowest BCUT2D eigenvalue weighted by atomic mass is 9.67. The Bertz CT molecular complexity index is 1390. The number of carbonyl (C=O) groups excluding carboxylic acids is 1. The molecule has 1 aliphatic heterocycles. The van der Waals surface area contributed by atoms with Gasteiger partial charge in [0.1, 0.15) is 0 Å². The van der Waals surface area contributed by atoms with E-state index < -0.39 is 0 Å². The van der Waals surface area contributed by atoms with Crippen molar-refractivity contribution in [3.63, 3.8) is 0 Å². The van der Waals surface area contributed by atoms with Crippen LogP contribution < -0.4 is 10.2 Å². The third kappa shape index (κ3) is 4.20. The highest BCUT2D eigenvalue weighted by Gasteiger charge is 2.41. The summed E-state index contributed by atoms with van der Waals surface area (Å²) < 4.78 is 1.03. The van der Waals surface area contributed by atoms with Gasteiger partial charge < -0.3 is 10.2 Å². The van der Waals surface area contributed by atoms with Gasteiger partial charge in [0.25, 0.3) is 0 Å². The normalized spacial score (nSPS) is 19.3. The molecule has 0 bridgehead atoms. The maximum absolute atomic E-state index is 13.7. The van der Waals surface area contributed by atoms with Crippen LogP contribution in [-0.2, 0) is 10.2 Å². The quantitative estimate of drug-likeness (QED) is 0.361. The predicted molar refractivity (Wildman–Crippen MR) is 152 cm³/mol. The average Bonchev–Trinajstić information content (AvgIpc) is 2.75. The molecule has 0 radical (unpaired) electrons. The molecule has 0 saturated carbocycles. The van der Waals surface area contributed by atoms with Crippen molar-refractivity contribution in [3.05, 3.63) is 75.3 Å². The molecule has 0 amide bonds. The van der Waals surface area contributed by atoms with Gasteiger partial charge in [0.15, 0.2) is 5.78 Å². The van der Waals surface area contributed by atoms with E-state index in [1.165, 1.54) is 27.5 Å². The maximum atomic E-state index is 13.7. The van der Waals surface area contributed by atoms with Crippen molar-refractivity contribution in [2.45, 2.75) is 58.9 Å². The van der Waals surface area contributed by atoms with E-state index in [9.17, 15) is 4.79 Å². The summed E-state index contributed by atoms with van der Waals surface area (Å²) in [4.78, 5) is 15.8. The first-order chi connectivity index (χ1) is 16.4. The highest BCUT2D eigenvalue weighted by atomic mass is 79.9. The van der Waals surface area contributed by atoms with Gasteiger partial charge in [-0.3, -0.25) is 4.79 Å². The Balaban J connectivity index is 1.73. The summed E-state index contributed by atoms with van der Waals surface area (Å²) in [6, 6.07) is 17.5. The Morgan fingerprint density at radius 2 is 1.74 bits per heavy atom. The van der Waals surface area contributed by atoms with Gasteiger partial charge in [-0.15, -0.1) is 0 Å². The van der Waals surface area contributed by atoms with Crippen LogP contribution in [0.2, 0.25) is 0 Å². The second kappa shape index (κ2) is 8.23. The van der Waals surface area contributed by atoms with E-state index in [1.54, 1.807) is 0 Å². The number of nitrogens with zero attached hydrogens (tertiary/aromatic N) is 1. The second-order valence-electron chi connectivity index (χ2n) is 12.2. The zero-order valence-electron chi connectivity index (χ0n) is 21.8. The maximum Gasteiger partial charge on any atom is 0.162 e. The molecule has 35 heavy (non-hydrogen) atoms. The topological polar surface area (TPSA) is 32.3 Å². The number of hydrogen-bond donors (Lipinski definition) is 1. The Morgan fingerprint density at radius 3 is 2.40 bits per heavy atom. The molecule has 1 unspecified atom stereocenters. The molecule has 1 aliphatic carbocycles. The summed E-state index contributed by atoms with van der Waals surface area (Å²) in [6.45, 7) is 11.2. The smallest absolute Gasteiger partial charge is 0.162 e. The van der Waals surface area contributed by atoms with Crippen molar-refractivity contribution in [3.8, 4) is 0 Å². The van der Waals surface area contributed by atoms with Gasteiger partial charge in [-0.1, -0.05) is 65.0 Å². The van der Waals surface area contributed by atoms with Gasteiger partial charge >= 0.3 is 0 Å². The molecule has 1 N–H and O–H groups in total. The van der Waals surface area contributed by atoms with Gasteiger partial charge in [0.2, 0.25) is 0 Å². The first-order valence-electron chi connectivity index (χ1n) is 12.4. The zero-order valence-corrected chi connectivity index (χ0v) is 23.4. The van der Waals surface area contributed by atoms with E-state index in [0.29, 0.717) is 6.42 Å². The highest BCUT2D eigenvalue weighted by Crippen LogP contribution is 2.52. The number of benzene rings is 3. The third-order valence-electron chi connectivity index (χ3n) is 7.48. The number of fused-ring (bicyclic) bond motifs is 4. The van der Waals surface area contributed by atoms with Gasteiger partial charge in [-0.2, -0.15) is 0 Å². The molecule has 5 rings (SSSR count). The first kappa shape index (κ1) is 24.1. The van der Waals surface area contributed by atoms with E-state index >= 15 is 0 Å². The lowest BCUT2D eigenvalue weighted by Gasteiger charge is -2.40. The van der Waals surface area contributed by atoms with Gasteiger partial charge in [0, 0.05) is 41.8 Å². The number of halogens is 1. The van der Waals surface area contributed by atoms with E-state index in [-0.39, 0.29) is 22.7 Å². The Morgan fingerprint density at radius 1 is 1.00 bits per heavy atom. The van der Waals surface area contributed by atoms with Crippen LogP contribution in [0.5, 0.6) is 0 Å². The molecular formula is C31H35BrN2O. The van der Waals surface area contributed by atoms with Crippen molar-refractivity contribution in [1.29, 1.82) is 0 Å². The number of anilines is 2. The number of nitrogens with one attached hydrogen (secondary N) is 1. The molecule has 3 aromatic rings. The molecular weight excluding hydrogens is 496 g/mol. The van der Waals surface area contributed by atoms with Crippen LogP contribution in [0, 0.1) is 5.41 Å². The van der Waals surface area contributed by atoms with Gasteiger partial charge in [-0.05, 0) is 78.9 Å². The fourth-order valence-electron chi connectivity index (χ4n) is 5.68. The lowest BCUT2D eigenvalue weighted by molar-refractivity contribution is -0.118. The summed E-state index contributed by atoms with van der Waals surface area (Å²) in [7, 11) is 4.08. The van der Waals surface area contributed by atoms with Crippen LogP contribution in [0.4, 0.5) is 11.4 Å². The lowest BCUT2D eigenvalue weighted by Crippen LogP contribution is -2.33. The van der Waals surface area contributed by atoms with E-state index in [2.05, 4.69) is 109 Å². The molecule has 0 fully saturated rings. The Hall–Kier alpha value is -2.59. The molecule has 1 heterocycles. The number of rotatable bonds is 2. The largest absolute Gasteiger partial charge is 0.377 e. The van der Waals surface area contributed by atoms with Crippen LogP contribution in [-0.4, -0.2) is 19.9 Å². The predicted octanol–water partition coefficient (Wildman–Crippen LogP) is 8.28. The van der Waals surface area contributed by atoms with Crippen molar-refractivity contribution >= 4 is 49.4 Å². The molecule has 2 aliphatic rings. The molecule has 0 spiro atoms.